The van der Waals surface area contributed by atoms with Crippen molar-refractivity contribution in [2.24, 2.45) is 0 Å². The predicted octanol–water partition coefficient (Wildman–Crippen LogP) is 4.86. The Morgan fingerprint density at radius 2 is 1.85 bits per heavy atom. The molecule has 0 aliphatic rings. The van der Waals surface area contributed by atoms with Crippen molar-refractivity contribution in [3.05, 3.63) is 66.4 Å². The van der Waals surface area contributed by atoms with Gasteiger partial charge < -0.3 is 10.2 Å². The van der Waals surface area contributed by atoms with Crippen LogP contribution in [0.2, 0.25) is 5.02 Å². The van der Waals surface area contributed by atoms with Gasteiger partial charge in [0.1, 0.15) is 10.3 Å². The zero-order chi connectivity index (χ0) is 25.2. The molecule has 0 unspecified atom stereocenters. The minimum Gasteiger partial charge on any atom is -0.349 e. The zero-order valence-electron chi connectivity index (χ0n) is 17.8. The van der Waals surface area contributed by atoms with Crippen LogP contribution in [-0.2, 0) is 9.63 Å². The number of aromatic nitrogens is 3. The predicted molar refractivity (Wildman–Crippen MR) is 135 cm³/mol. The maximum Gasteiger partial charge on any atom is 0.324 e. The third kappa shape index (κ3) is 5.84. The summed E-state index contributed by atoms with van der Waals surface area (Å²) in [5.74, 6) is -1.47. The van der Waals surface area contributed by atoms with Crippen LogP contribution in [0.15, 0.2) is 50.1 Å². The van der Waals surface area contributed by atoms with E-state index in [9.17, 15) is 14.4 Å². The molecule has 10 nitrogen and oxygen atoms in total. The van der Waals surface area contributed by atoms with Crippen LogP contribution in [-0.4, -0.2) is 56.8 Å². The molecule has 0 atom stereocenters. The molecule has 0 bridgehead atoms. The van der Waals surface area contributed by atoms with E-state index in [1.54, 1.807) is 18.2 Å². The number of nitrogens with one attached hydrogen (secondary N) is 1. The number of hydrogen-bond acceptors (Lipinski definition) is 7. The van der Waals surface area contributed by atoms with Crippen LogP contribution >= 0.6 is 59.4 Å². The first kappa shape index (κ1) is 26.3. The first-order valence-electron chi connectivity index (χ1n) is 9.36. The number of hydroxylamine groups is 1. The van der Waals surface area contributed by atoms with E-state index in [1.807, 2.05) is 0 Å². The second-order valence-corrected chi connectivity index (χ2v) is 9.70. The van der Waals surface area contributed by atoms with Crippen molar-refractivity contribution in [3.63, 3.8) is 0 Å². The lowest BCUT2D eigenvalue weighted by molar-refractivity contribution is -0.230. The molecule has 1 aromatic carbocycles. The molecule has 3 aromatic rings. The van der Waals surface area contributed by atoms with Gasteiger partial charge >= 0.3 is 5.97 Å². The summed E-state index contributed by atoms with van der Waals surface area (Å²) in [4.78, 5) is 46.9. The van der Waals surface area contributed by atoms with Gasteiger partial charge in [0.25, 0.3) is 11.8 Å². The summed E-state index contributed by atoms with van der Waals surface area (Å²) < 4.78 is 2.69. The number of carbonyl (C=O) groups excluding carboxylic acids is 3. The summed E-state index contributed by atoms with van der Waals surface area (Å²) in [5, 5.41) is 9.37. The van der Waals surface area contributed by atoms with Crippen molar-refractivity contribution in [3.8, 4) is 5.82 Å². The molecule has 178 valence electrons. The van der Waals surface area contributed by atoms with Crippen LogP contribution in [0.3, 0.4) is 0 Å². The van der Waals surface area contributed by atoms with Gasteiger partial charge in [-0.3, -0.25) is 14.4 Å². The van der Waals surface area contributed by atoms with Gasteiger partial charge in [0.05, 0.1) is 16.3 Å². The van der Waals surface area contributed by atoms with Crippen molar-refractivity contribution in [1.29, 1.82) is 0 Å². The van der Waals surface area contributed by atoms with Gasteiger partial charge in [-0.05, 0) is 61.3 Å². The van der Waals surface area contributed by atoms with Crippen LogP contribution in [0.5, 0.6) is 0 Å². The number of halogens is 4. The minimum atomic E-state index is -0.599. The van der Waals surface area contributed by atoms with Crippen LogP contribution in [0.25, 0.3) is 5.82 Å². The van der Waals surface area contributed by atoms with Crippen molar-refractivity contribution in [2.75, 3.05) is 19.4 Å². The highest BCUT2D eigenvalue weighted by atomic mass is 79.9. The van der Waals surface area contributed by atoms with Gasteiger partial charge in [-0.25, -0.2) is 14.7 Å². The highest BCUT2D eigenvalue weighted by Gasteiger charge is 2.26. The number of carbonyl (C=O) groups is 3. The Labute approximate surface area is 224 Å². The maximum absolute atomic E-state index is 13.3. The molecule has 2 amide bonds. The summed E-state index contributed by atoms with van der Waals surface area (Å²) in [6.45, 7) is 1.21. The van der Waals surface area contributed by atoms with Crippen LogP contribution < -0.4 is 5.32 Å². The largest absolute Gasteiger partial charge is 0.349 e. The molecule has 0 fully saturated rings. The second kappa shape index (κ2) is 11.0. The highest BCUT2D eigenvalue weighted by molar-refractivity contribution is 9.11. The number of amides is 2. The molecule has 3 rings (SSSR count). The molecule has 0 saturated heterocycles. The van der Waals surface area contributed by atoms with Crippen molar-refractivity contribution in [1.82, 2.24) is 24.9 Å². The summed E-state index contributed by atoms with van der Waals surface area (Å²) in [5.41, 5.74) is 0.431. The number of nitrogens with zero attached hydrogens (tertiary/aromatic N) is 5. The Balaban J connectivity index is 2.00. The van der Waals surface area contributed by atoms with E-state index < -0.39 is 17.8 Å². The standard InChI is InChI=1S/C20H16Br3ClN6O4/c1-10(31)34-29(3)28(2)20(33)12-7-11(21)8-13(22)17(12)26-19(32)15-9-16(23)27-30(15)18-14(24)5-4-6-25-18/h4-9H,1-3H3,(H,26,32). The van der Waals surface area contributed by atoms with E-state index in [0.29, 0.717) is 18.6 Å². The SMILES string of the molecule is CC(=O)ON(C)N(C)C(=O)c1cc(Br)cc(Br)c1NC(=O)c1cc(Br)nn1-c1ncccc1Cl. The average Bonchev–Trinajstić information content (AvgIpc) is 3.15. The van der Waals surface area contributed by atoms with Crippen LogP contribution in [0.4, 0.5) is 5.69 Å². The molecule has 0 saturated carbocycles. The summed E-state index contributed by atoms with van der Waals surface area (Å²) in [6.07, 6.45) is 1.52. The minimum absolute atomic E-state index is 0.117. The highest BCUT2D eigenvalue weighted by Crippen LogP contribution is 2.33. The molecule has 2 heterocycles. The quantitative estimate of drug-likeness (QED) is 0.371. The fourth-order valence-electron chi connectivity index (χ4n) is 2.81. The van der Waals surface area contributed by atoms with Crippen molar-refractivity contribution in [2.45, 2.75) is 6.92 Å². The van der Waals surface area contributed by atoms with Gasteiger partial charge in [-0.1, -0.05) is 27.5 Å². The number of rotatable bonds is 6. The molecule has 0 spiro atoms. The summed E-state index contributed by atoms with van der Waals surface area (Å²) in [7, 11) is 2.82. The fourth-order valence-corrected chi connectivity index (χ4v) is 4.71. The number of hydrazine groups is 1. The second-order valence-electron chi connectivity index (χ2n) is 6.71. The summed E-state index contributed by atoms with van der Waals surface area (Å²) in [6, 6.07) is 7.98. The van der Waals surface area contributed by atoms with Crippen molar-refractivity contribution >= 4 is 82.9 Å². The van der Waals surface area contributed by atoms with E-state index in [4.69, 9.17) is 16.4 Å². The number of benzene rings is 1. The molecule has 14 heteroatoms. The lowest BCUT2D eigenvalue weighted by Gasteiger charge is -2.27. The molecule has 34 heavy (non-hydrogen) atoms. The smallest absolute Gasteiger partial charge is 0.324 e. The summed E-state index contributed by atoms with van der Waals surface area (Å²) >= 11 is 16.3. The van der Waals surface area contributed by atoms with E-state index in [-0.39, 0.29) is 22.8 Å². The van der Waals surface area contributed by atoms with Gasteiger partial charge in [0.15, 0.2) is 5.82 Å². The number of anilines is 1. The number of hydrogen-bond donors (Lipinski definition) is 1. The Morgan fingerprint density at radius 3 is 2.50 bits per heavy atom. The Kier molecular flexibility index (Phi) is 8.47. The first-order chi connectivity index (χ1) is 16.0. The van der Waals surface area contributed by atoms with Gasteiger partial charge in [0, 0.05) is 42.2 Å². The van der Waals surface area contributed by atoms with Gasteiger partial charge in [-0.15, -0.1) is 0 Å². The van der Waals surface area contributed by atoms with E-state index >= 15 is 0 Å². The van der Waals surface area contributed by atoms with Gasteiger partial charge in [-0.2, -0.15) is 5.10 Å². The van der Waals surface area contributed by atoms with Crippen LogP contribution in [0, 0.1) is 0 Å². The van der Waals surface area contributed by atoms with Crippen molar-refractivity contribution < 1.29 is 19.2 Å². The molecule has 2 aromatic heterocycles. The molecular weight excluding hydrogens is 663 g/mol. The molecule has 1 N–H and O–H groups in total. The van der Waals surface area contributed by atoms with Gasteiger partial charge in [0.2, 0.25) is 0 Å². The Bertz CT molecular complexity index is 1290. The molecule has 0 aliphatic heterocycles. The molecular formula is C20H16Br3ClN6O4. The normalized spacial score (nSPS) is 10.8. The molecule has 0 radical (unpaired) electrons. The van der Waals surface area contributed by atoms with E-state index in [0.717, 1.165) is 10.2 Å². The maximum atomic E-state index is 13.3. The monoisotopic (exact) mass is 676 g/mol. The number of pyridine rings is 1. The lowest BCUT2D eigenvalue weighted by Crippen LogP contribution is -2.42. The van der Waals surface area contributed by atoms with E-state index in [1.165, 1.54) is 44.0 Å². The Morgan fingerprint density at radius 1 is 1.15 bits per heavy atom. The third-order valence-corrected chi connectivity index (χ3v) is 6.12. The zero-order valence-corrected chi connectivity index (χ0v) is 23.4. The third-order valence-electron chi connectivity index (χ3n) is 4.35. The first-order valence-corrected chi connectivity index (χ1v) is 12.1. The lowest BCUT2D eigenvalue weighted by atomic mass is 10.1. The van der Waals surface area contributed by atoms with Crippen LogP contribution in [0.1, 0.15) is 27.8 Å². The van der Waals surface area contributed by atoms with E-state index in [2.05, 4.69) is 63.2 Å². The fraction of sp³-hybridized carbons (Fsp3) is 0.150. The Hall–Kier alpha value is -2.32. The average molecular weight is 680 g/mol. The molecule has 0 aliphatic carbocycles. The topological polar surface area (TPSA) is 110 Å².